The highest BCUT2D eigenvalue weighted by Crippen LogP contribution is 2.23. The Morgan fingerprint density at radius 1 is 1.32 bits per heavy atom. The number of benzene rings is 1. The van der Waals surface area contributed by atoms with Crippen LogP contribution in [0.3, 0.4) is 0 Å². The number of nitrogens with one attached hydrogen (secondary N) is 3. The normalized spacial score (nSPS) is 20.2. The predicted molar refractivity (Wildman–Crippen MR) is 101 cm³/mol. The number of hydrogen-bond donors (Lipinski definition) is 3. The van der Waals surface area contributed by atoms with Crippen LogP contribution in [0.2, 0.25) is 0 Å². The molecule has 0 aliphatic carbocycles. The minimum atomic E-state index is -0.335. The summed E-state index contributed by atoms with van der Waals surface area (Å²) in [6.45, 7) is 6.52. The van der Waals surface area contributed by atoms with Crippen molar-refractivity contribution in [2.75, 3.05) is 6.54 Å². The Morgan fingerprint density at radius 2 is 2.14 bits per heavy atom. The molecule has 1 saturated heterocycles. The molecular weight excluding hydrogens is 358 g/mol. The van der Waals surface area contributed by atoms with Gasteiger partial charge in [-0.05, 0) is 42.8 Å². The topological polar surface area (TPSA) is 115 Å². The molecule has 0 saturated carbocycles. The summed E-state index contributed by atoms with van der Waals surface area (Å²) in [6.07, 6.45) is 2.97. The van der Waals surface area contributed by atoms with E-state index >= 15 is 0 Å². The van der Waals surface area contributed by atoms with E-state index in [1.54, 1.807) is 0 Å². The lowest BCUT2D eigenvalue weighted by molar-refractivity contribution is -0.126. The van der Waals surface area contributed by atoms with Gasteiger partial charge in [0.1, 0.15) is 12.5 Å². The summed E-state index contributed by atoms with van der Waals surface area (Å²) in [4.78, 5) is 12.9. The number of amides is 1. The van der Waals surface area contributed by atoms with E-state index in [1.807, 2.05) is 42.9 Å². The van der Waals surface area contributed by atoms with Gasteiger partial charge in [-0.2, -0.15) is 5.10 Å². The van der Waals surface area contributed by atoms with Crippen LogP contribution in [0.5, 0.6) is 0 Å². The van der Waals surface area contributed by atoms with E-state index < -0.39 is 0 Å². The number of tetrazole rings is 1. The Labute approximate surface area is 162 Å². The number of aryl methyl sites for hydroxylation is 1. The van der Waals surface area contributed by atoms with Gasteiger partial charge >= 0.3 is 0 Å². The first-order chi connectivity index (χ1) is 13.6. The first-order valence-electron chi connectivity index (χ1n) is 9.18. The molecule has 3 aromatic rings. The van der Waals surface area contributed by atoms with Crippen LogP contribution in [0.1, 0.15) is 36.0 Å². The Hall–Kier alpha value is -3.11. The molecule has 10 heteroatoms. The van der Waals surface area contributed by atoms with Crippen LogP contribution in [0.25, 0.3) is 5.69 Å². The average Bonchev–Trinajstić information content (AvgIpc) is 3.42. The zero-order chi connectivity index (χ0) is 19.7. The standard InChI is InChI=1S/C18H23N9O/c1-11-6-4-5-7-16(11)27-13(3)14(9-21-27)12(2)22-18(28)15-8-19-23-17(15)26-10-20-24-25-26/h4-7,9-10,12,15,17,19,23H,8H2,1-3H3,(H,22,28). The summed E-state index contributed by atoms with van der Waals surface area (Å²) in [6, 6.07) is 7.91. The van der Waals surface area contributed by atoms with E-state index in [2.05, 4.69) is 49.8 Å². The Bertz CT molecular complexity index is 965. The number of hydrogen-bond acceptors (Lipinski definition) is 7. The molecule has 3 atom stereocenters. The lowest BCUT2D eigenvalue weighted by Crippen LogP contribution is -2.38. The summed E-state index contributed by atoms with van der Waals surface area (Å²) >= 11 is 0. The van der Waals surface area contributed by atoms with Crippen LogP contribution in [0.15, 0.2) is 36.8 Å². The van der Waals surface area contributed by atoms with Gasteiger partial charge in [-0.15, -0.1) is 5.10 Å². The zero-order valence-corrected chi connectivity index (χ0v) is 16.0. The van der Waals surface area contributed by atoms with Crippen molar-refractivity contribution >= 4 is 5.91 Å². The maximum Gasteiger partial charge on any atom is 0.228 e. The minimum absolute atomic E-state index is 0.0754. The highest BCUT2D eigenvalue weighted by Gasteiger charge is 2.35. The molecule has 3 heterocycles. The van der Waals surface area contributed by atoms with Crippen molar-refractivity contribution < 1.29 is 4.79 Å². The average molecular weight is 381 g/mol. The molecule has 1 aliphatic rings. The third-order valence-corrected chi connectivity index (χ3v) is 5.16. The third kappa shape index (κ3) is 3.27. The van der Waals surface area contributed by atoms with Crippen molar-refractivity contribution in [3.05, 3.63) is 53.6 Å². The van der Waals surface area contributed by atoms with Gasteiger partial charge in [-0.3, -0.25) is 10.2 Å². The van der Waals surface area contributed by atoms with Gasteiger partial charge in [0.2, 0.25) is 5.91 Å². The van der Waals surface area contributed by atoms with Gasteiger partial charge in [0.25, 0.3) is 0 Å². The summed E-state index contributed by atoms with van der Waals surface area (Å²) in [5, 5.41) is 18.8. The van der Waals surface area contributed by atoms with Crippen LogP contribution < -0.4 is 16.2 Å². The summed E-state index contributed by atoms with van der Waals surface area (Å²) < 4.78 is 3.45. The maximum atomic E-state index is 12.9. The molecule has 0 radical (unpaired) electrons. The number of hydrazine groups is 1. The Kier molecular flexibility index (Phi) is 4.88. The van der Waals surface area contributed by atoms with E-state index in [9.17, 15) is 4.79 Å². The largest absolute Gasteiger partial charge is 0.349 e. The second-order valence-electron chi connectivity index (χ2n) is 6.98. The van der Waals surface area contributed by atoms with E-state index in [0.717, 1.165) is 22.5 Å². The molecule has 3 N–H and O–H groups in total. The first kappa shape index (κ1) is 18.3. The van der Waals surface area contributed by atoms with Gasteiger partial charge in [0.15, 0.2) is 0 Å². The number of carbonyl (C=O) groups excluding carboxylic acids is 1. The van der Waals surface area contributed by atoms with Crippen molar-refractivity contribution in [1.29, 1.82) is 0 Å². The molecule has 4 rings (SSSR count). The first-order valence-corrected chi connectivity index (χ1v) is 9.18. The van der Waals surface area contributed by atoms with Gasteiger partial charge in [0.05, 0.1) is 23.8 Å². The lowest BCUT2D eigenvalue weighted by atomic mass is 10.0. The molecule has 3 unspecified atom stereocenters. The third-order valence-electron chi connectivity index (χ3n) is 5.16. The highest BCUT2D eigenvalue weighted by atomic mass is 16.2. The van der Waals surface area contributed by atoms with Crippen molar-refractivity contribution in [2.45, 2.75) is 33.0 Å². The van der Waals surface area contributed by atoms with Gasteiger partial charge in [-0.1, -0.05) is 18.2 Å². The van der Waals surface area contributed by atoms with E-state index in [0.29, 0.717) is 6.54 Å². The number of carbonyl (C=O) groups is 1. The predicted octanol–water partition coefficient (Wildman–Crippen LogP) is 0.576. The van der Waals surface area contributed by atoms with Crippen LogP contribution in [0, 0.1) is 19.8 Å². The molecule has 1 amide bonds. The van der Waals surface area contributed by atoms with Crippen LogP contribution in [0.4, 0.5) is 0 Å². The van der Waals surface area contributed by atoms with Gasteiger partial charge in [-0.25, -0.2) is 14.8 Å². The van der Waals surface area contributed by atoms with Crippen molar-refractivity contribution in [2.24, 2.45) is 5.92 Å². The van der Waals surface area contributed by atoms with Gasteiger partial charge < -0.3 is 5.32 Å². The second kappa shape index (κ2) is 7.49. The van der Waals surface area contributed by atoms with E-state index in [1.165, 1.54) is 11.0 Å². The fourth-order valence-electron chi connectivity index (χ4n) is 3.56. The fraction of sp³-hybridized carbons (Fsp3) is 0.389. The molecule has 146 valence electrons. The molecule has 1 aromatic carbocycles. The van der Waals surface area contributed by atoms with Crippen molar-refractivity contribution in [3.8, 4) is 5.69 Å². The SMILES string of the molecule is Cc1ccccc1-n1ncc(C(C)NC(=O)C2CNNC2n2cnnn2)c1C. The summed E-state index contributed by atoms with van der Waals surface area (Å²) in [7, 11) is 0. The molecule has 1 fully saturated rings. The Balaban J connectivity index is 1.50. The van der Waals surface area contributed by atoms with Gasteiger partial charge in [0, 0.05) is 17.8 Å². The van der Waals surface area contributed by atoms with Crippen molar-refractivity contribution in [3.63, 3.8) is 0 Å². The van der Waals surface area contributed by atoms with Crippen LogP contribution >= 0.6 is 0 Å². The molecular formula is C18H23N9O. The maximum absolute atomic E-state index is 12.9. The number of nitrogens with zero attached hydrogens (tertiary/aromatic N) is 6. The minimum Gasteiger partial charge on any atom is -0.349 e. The number of para-hydroxylation sites is 1. The molecule has 0 bridgehead atoms. The smallest absolute Gasteiger partial charge is 0.228 e. The van der Waals surface area contributed by atoms with E-state index in [4.69, 9.17) is 0 Å². The van der Waals surface area contributed by atoms with Crippen molar-refractivity contribution in [1.82, 2.24) is 46.2 Å². The van der Waals surface area contributed by atoms with Crippen LogP contribution in [-0.2, 0) is 4.79 Å². The lowest BCUT2D eigenvalue weighted by Gasteiger charge is -2.20. The quantitative estimate of drug-likeness (QED) is 0.592. The number of aromatic nitrogens is 6. The number of rotatable bonds is 5. The monoisotopic (exact) mass is 381 g/mol. The zero-order valence-electron chi connectivity index (χ0n) is 16.0. The molecule has 2 aromatic heterocycles. The Morgan fingerprint density at radius 3 is 2.89 bits per heavy atom. The summed E-state index contributed by atoms with van der Waals surface area (Å²) in [5.74, 6) is -0.411. The second-order valence-corrected chi connectivity index (χ2v) is 6.98. The van der Waals surface area contributed by atoms with Crippen LogP contribution in [-0.4, -0.2) is 42.4 Å². The summed E-state index contributed by atoms with van der Waals surface area (Å²) in [5.41, 5.74) is 10.2. The fourth-order valence-corrected chi connectivity index (χ4v) is 3.56. The molecule has 28 heavy (non-hydrogen) atoms. The molecule has 0 spiro atoms. The molecule has 1 aliphatic heterocycles. The van der Waals surface area contributed by atoms with E-state index in [-0.39, 0.29) is 24.0 Å². The molecule has 10 nitrogen and oxygen atoms in total. The highest BCUT2D eigenvalue weighted by molar-refractivity contribution is 5.80.